The maximum absolute atomic E-state index is 12.3. The highest BCUT2D eigenvalue weighted by molar-refractivity contribution is 6.35. The van der Waals surface area contributed by atoms with Crippen LogP contribution in [0.3, 0.4) is 0 Å². The van der Waals surface area contributed by atoms with Gasteiger partial charge in [0.2, 0.25) is 5.91 Å². The minimum atomic E-state index is -0.688. The molecule has 22 heavy (non-hydrogen) atoms. The fourth-order valence-electron chi connectivity index (χ4n) is 2.21. The number of esters is 1. The molecule has 0 radical (unpaired) electrons. The largest absolute Gasteiger partial charge is 0.424 e. The van der Waals surface area contributed by atoms with Gasteiger partial charge in [-0.25, -0.2) is 4.79 Å². The number of rotatable bonds is 4. The number of halogens is 1. The van der Waals surface area contributed by atoms with E-state index in [-0.39, 0.29) is 11.8 Å². The van der Waals surface area contributed by atoms with E-state index in [2.05, 4.69) is 5.32 Å². The highest BCUT2D eigenvalue weighted by Gasteiger charge is 2.25. The van der Waals surface area contributed by atoms with Crippen LogP contribution < -0.4 is 10.1 Å². The summed E-state index contributed by atoms with van der Waals surface area (Å²) in [6.07, 6.45) is 0. The highest BCUT2D eigenvalue weighted by atomic mass is 35.5. The molecular formula is C17H18ClNO3. The minimum absolute atomic E-state index is 0.0741. The smallest absolute Gasteiger partial charge is 0.334 e. The number of carbonyl (C=O) groups is 2. The van der Waals surface area contributed by atoms with Gasteiger partial charge in [0.1, 0.15) is 11.8 Å². The molecule has 2 rings (SSSR count). The second kappa shape index (κ2) is 6.79. The van der Waals surface area contributed by atoms with Crippen LogP contribution in [-0.4, -0.2) is 17.9 Å². The van der Waals surface area contributed by atoms with Gasteiger partial charge in [0.25, 0.3) is 0 Å². The second-order valence-corrected chi connectivity index (χ2v) is 5.84. The first-order chi connectivity index (χ1) is 10.4. The molecule has 116 valence electrons. The zero-order valence-corrected chi connectivity index (χ0v) is 13.5. The Morgan fingerprint density at radius 1 is 1.09 bits per heavy atom. The molecule has 0 bridgehead atoms. The molecule has 0 unspecified atom stereocenters. The van der Waals surface area contributed by atoms with Crippen molar-refractivity contribution >= 4 is 34.2 Å². The Morgan fingerprint density at radius 2 is 1.73 bits per heavy atom. The monoisotopic (exact) mass is 319 g/mol. The topological polar surface area (TPSA) is 55.4 Å². The minimum Gasteiger partial charge on any atom is -0.424 e. The molecule has 2 aromatic carbocycles. The van der Waals surface area contributed by atoms with Gasteiger partial charge in [0.05, 0.1) is 0 Å². The van der Waals surface area contributed by atoms with Crippen molar-refractivity contribution in [3.63, 3.8) is 0 Å². The van der Waals surface area contributed by atoms with E-state index < -0.39 is 12.0 Å². The van der Waals surface area contributed by atoms with Crippen molar-refractivity contribution in [3.8, 4) is 5.75 Å². The fraction of sp³-hybridized carbons (Fsp3) is 0.294. The van der Waals surface area contributed by atoms with Gasteiger partial charge in [-0.15, -0.1) is 0 Å². The van der Waals surface area contributed by atoms with Gasteiger partial charge in [-0.2, -0.15) is 0 Å². The number of hydrogen-bond donors (Lipinski definition) is 1. The van der Waals surface area contributed by atoms with Gasteiger partial charge in [-0.1, -0.05) is 49.7 Å². The third-order valence-electron chi connectivity index (χ3n) is 3.32. The van der Waals surface area contributed by atoms with Crippen LogP contribution in [0.4, 0.5) is 0 Å². The quantitative estimate of drug-likeness (QED) is 0.692. The molecule has 0 aliphatic carbocycles. The summed E-state index contributed by atoms with van der Waals surface area (Å²) in [6.45, 7) is 5.07. The number of benzene rings is 2. The van der Waals surface area contributed by atoms with Crippen LogP contribution in [0.5, 0.6) is 5.75 Å². The Hall–Kier alpha value is -2.07. The molecule has 4 nitrogen and oxygen atoms in total. The lowest BCUT2D eigenvalue weighted by Gasteiger charge is -2.20. The van der Waals surface area contributed by atoms with E-state index in [1.165, 1.54) is 6.92 Å². The van der Waals surface area contributed by atoms with E-state index in [1.54, 1.807) is 12.1 Å². The zero-order chi connectivity index (χ0) is 16.3. The van der Waals surface area contributed by atoms with Crippen LogP contribution in [0.1, 0.15) is 20.8 Å². The van der Waals surface area contributed by atoms with Crippen LogP contribution in [-0.2, 0) is 9.59 Å². The molecule has 5 heteroatoms. The van der Waals surface area contributed by atoms with E-state index >= 15 is 0 Å². The van der Waals surface area contributed by atoms with E-state index in [4.69, 9.17) is 16.3 Å². The summed E-state index contributed by atoms with van der Waals surface area (Å²) in [6, 6.07) is 10.1. The lowest BCUT2D eigenvalue weighted by atomic mass is 10.0. The molecule has 0 aliphatic heterocycles. The summed E-state index contributed by atoms with van der Waals surface area (Å²) in [4.78, 5) is 23.6. The van der Waals surface area contributed by atoms with Gasteiger partial charge in [-0.05, 0) is 18.1 Å². The third-order valence-corrected chi connectivity index (χ3v) is 3.65. The lowest BCUT2D eigenvalue weighted by molar-refractivity contribution is -0.140. The van der Waals surface area contributed by atoms with Crippen LogP contribution in [0.2, 0.25) is 5.02 Å². The van der Waals surface area contributed by atoms with Crippen molar-refractivity contribution in [1.29, 1.82) is 0 Å². The van der Waals surface area contributed by atoms with Crippen molar-refractivity contribution in [2.45, 2.75) is 26.8 Å². The Bertz CT molecular complexity index is 712. The van der Waals surface area contributed by atoms with Crippen molar-refractivity contribution in [3.05, 3.63) is 41.4 Å². The predicted molar refractivity (Wildman–Crippen MR) is 87.0 cm³/mol. The summed E-state index contributed by atoms with van der Waals surface area (Å²) < 4.78 is 5.49. The Morgan fingerprint density at radius 3 is 2.32 bits per heavy atom. The maximum atomic E-state index is 12.3. The van der Waals surface area contributed by atoms with E-state index in [9.17, 15) is 9.59 Å². The Kier molecular flexibility index (Phi) is 5.03. The van der Waals surface area contributed by atoms with E-state index in [0.717, 1.165) is 10.8 Å². The molecule has 1 atom stereocenters. The highest BCUT2D eigenvalue weighted by Crippen LogP contribution is 2.31. The SMILES string of the molecule is CC(=O)N[C@@H](C(=O)Oc1ccc(Cl)c2ccccc12)C(C)C. The van der Waals surface area contributed by atoms with Crippen molar-refractivity contribution < 1.29 is 14.3 Å². The number of carbonyl (C=O) groups excluding carboxylic acids is 2. The molecule has 1 N–H and O–H groups in total. The van der Waals surface area contributed by atoms with Gasteiger partial charge < -0.3 is 10.1 Å². The summed E-state index contributed by atoms with van der Waals surface area (Å²) >= 11 is 6.15. The summed E-state index contributed by atoms with van der Waals surface area (Å²) in [5.74, 6) is -0.398. The maximum Gasteiger partial charge on any atom is 0.334 e. The second-order valence-electron chi connectivity index (χ2n) is 5.43. The molecule has 0 fully saturated rings. The molecule has 0 aliphatic rings. The van der Waals surface area contributed by atoms with Crippen LogP contribution >= 0.6 is 11.6 Å². The average Bonchev–Trinajstić information content (AvgIpc) is 2.47. The molecule has 0 aromatic heterocycles. The molecule has 0 saturated heterocycles. The first kappa shape index (κ1) is 16.3. The van der Waals surface area contributed by atoms with Crippen molar-refractivity contribution in [2.75, 3.05) is 0 Å². The Labute approximate surface area is 134 Å². The molecule has 0 saturated carbocycles. The molecule has 1 amide bonds. The number of amides is 1. The zero-order valence-electron chi connectivity index (χ0n) is 12.7. The summed E-state index contributed by atoms with van der Waals surface area (Å²) in [7, 11) is 0. The number of hydrogen-bond acceptors (Lipinski definition) is 3. The standard InChI is InChI=1S/C17H18ClNO3/c1-10(2)16(19-11(3)20)17(21)22-15-9-8-14(18)12-6-4-5-7-13(12)15/h4-10,16H,1-3H3,(H,19,20)/t16-/m1/s1. The summed E-state index contributed by atoms with van der Waals surface area (Å²) in [5.41, 5.74) is 0. The van der Waals surface area contributed by atoms with Gasteiger partial charge in [0.15, 0.2) is 0 Å². The van der Waals surface area contributed by atoms with Crippen LogP contribution in [0, 0.1) is 5.92 Å². The Balaban J connectivity index is 2.32. The fourth-order valence-corrected chi connectivity index (χ4v) is 2.44. The average molecular weight is 320 g/mol. The molecular weight excluding hydrogens is 302 g/mol. The predicted octanol–water partition coefficient (Wildman–Crippen LogP) is 3.56. The summed E-state index contributed by atoms with van der Waals surface area (Å²) in [5, 5.41) is 4.79. The number of nitrogens with one attached hydrogen (secondary N) is 1. The first-order valence-corrected chi connectivity index (χ1v) is 7.44. The van der Waals surface area contributed by atoms with Gasteiger partial charge >= 0.3 is 5.97 Å². The molecule has 2 aromatic rings. The number of fused-ring (bicyclic) bond motifs is 1. The number of ether oxygens (including phenoxy) is 1. The van der Waals surface area contributed by atoms with Gasteiger partial charge in [0, 0.05) is 22.7 Å². The normalized spacial score (nSPS) is 12.2. The van der Waals surface area contributed by atoms with Gasteiger partial charge in [-0.3, -0.25) is 4.79 Å². The van der Waals surface area contributed by atoms with Crippen LogP contribution in [0.25, 0.3) is 10.8 Å². The molecule has 0 heterocycles. The van der Waals surface area contributed by atoms with E-state index in [0.29, 0.717) is 10.8 Å². The van der Waals surface area contributed by atoms with Crippen molar-refractivity contribution in [1.82, 2.24) is 5.32 Å². The third kappa shape index (κ3) is 3.57. The lowest BCUT2D eigenvalue weighted by Crippen LogP contribution is -2.45. The molecule has 0 spiro atoms. The first-order valence-electron chi connectivity index (χ1n) is 7.06. The van der Waals surface area contributed by atoms with Crippen LogP contribution in [0.15, 0.2) is 36.4 Å². The van der Waals surface area contributed by atoms with E-state index in [1.807, 2.05) is 38.1 Å². The van der Waals surface area contributed by atoms with Crippen molar-refractivity contribution in [2.24, 2.45) is 5.92 Å².